The molecule has 2 rings (SSSR count). The normalized spacial score (nSPS) is 20.5. The lowest BCUT2D eigenvalue weighted by molar-refractivity contribution is 0.0325. The van der Waals surface area contributed by atoms with Crippen molar-refractivity contribution in [1.29, 1.82) is 5.26 Å². The predicted molar refractivity (Wildman–Crippen MR) is 62.9 cm³/mol. The van der Waals surface area contributed by atoms with E-state index in [0.717, 1.165) is 32.1 Å². The fraction of sp³-hybridized carbons (Fsp3) is 0.615. The van der Waals surface area contributed by atoms with Gasteiger partial charge in [0.25, 0.3) is 0 Å². The zero-order chi connectivity index (χ0) is 12.3. The molecule has 4 nitrogen and oxygen atoms in total. The molecule has 0 radical (unpaired) electrons. The molecular weight excluding hydrogens is 214 g/mol. The summed E-state index contributed by atoms with van der Waals surface area (Å²) < 4.78 is 0. The highest BCUT2D eigenvalue weighted by molar-refractivity contribution is 5.16. The van der Waals surface area contributed by atoms with Gasteiger partial charge in [-0.1, -0.05) is 19.3 Å². The number of hydrogen-bond acceptors (Lipinski definition) is 4. The maximum atomic E-state index is 10.4. The lowest BCUT2D eigenvalue weighted by Crippen LogP contribution is -2.30. The Hall–Kier alpha value is -1.47. The maximum absolute atomic E-state index is 10.4. The molecule has 1 aromatic heterocycles. The molecule has 0 amide bonds. The SMILES string of the molecule is Cc1nccc(C(O)C2(C#N)CCCCC2)n1. The van der Waals surface area contributed by atoms with E-state index in [2.05, 4.69) is 16.0 Å². The van der Waals surface area contributed by atoms with Crippen molar-refractivity contribution in [2.45, 2.75) is 45.1 Å². The molecule has 0 saturated heterocycles. The second-order valence-electron chi connectivity index (χ2n) is 4.76. The quantitative estimate of drug-likeness (QED) is 0.847. The van der Waals surface area contributed by atoms with E-state index in [4.69, 9.17) is 0 Å². The van der Waals surface area contributed by atoms with Gasteiger partial charge in [0.2, 0.25) is 0 Å². The lowest BCUT2D eigenvalue weighted by atomic mass is 9.70. The van der Waals surface area contributed by atoms with E-state index >= 15 is 0 Å². The molecule has 1 atom stereocenters. The van der Waals surface area contributed by atoms with Crippen LogP contribution in [0.3, 0.4) is 0 Å². The van der Waals surface area contributed by atoms with E-state index in [1.807, 2.05) is 0 Å². The zero-order valence-corrected chi connectivity index (χ0v) is 10.1. The molecule has 17 heavy (non-hydrogen) atoms. The Morgan fingerprint density at radius 1 is 1.41 bits per heavy atom. The molecule has 1 fully saturated rings. The number of aliphatic hydroxyl groups is 1. The Morgan fingerprint density at radius 3 is 2.71 bits per heavy atom. The van der Waals surface area contributed by atoms with Crippen molar-refractivity contribution < 1.29 is 5.11 Å². The first-order chi connectivity index (χ1) is 8.18. The van der Waals surface area contributed by atoms with E-state index in [1.165, 1.54) is 0 Å². The monoisotopic (exact) mass is 231 g/mol. The van der Waals surface area contributed by atoms with Crippen LogP contribution >= 0.6 is 0 Å². The van der Waals surface area contributed by atoms with Crippen molar-refractivity contribution in [3.05, 3.63) is 23.8 Å². The Balaban J connectivity index is 2.29. The topological polar surface area (TPSA) is 69.8 Å². The molecule has 1 heterocycles. The summed E-state index contributed by atoms with van der Waals surface area (Å²) in [5, 5.41) is 19.8. The van der Waals surface area contributed by atoms with Crippen molar-refractivity contribution in [2.24, 2.45) is 5.41 Å². The van der Waals surface area contributed by atoms with Gasteiger partial charge in [-0.15, -0.1) is 0 Å². The summed E-state index contributed by atoms with van der Waals surface area (Å²) in [7, 11) is 0. The summed E-state index contributed by atoms with van der Waals surface area (Å²) in [5.41, 5.74) is -0.0834. The van der Waals surface area contributed by atoms with Gasteiger partial charge in [0.15, 0.2) is 0 Å². The van der Waals surface area contributed by atoms with Gasteiger partial charge in [0.05, 0.1) is 17.2 Å². The summed E-state index contributed by atoms with van der Waals surface area (Å²) in [4.78, 5) is 8.24. The summed E-state index contributed by atoms with van der Waals surface area (Å²) in [6, 6.07) is 4.02. The summed E-state index contributed by atoms with van der Waals surface area (Å²) >= 11 is 0. The third-order valence-electron chi connectivity index (χ3n) is 3.57. The van der Waals surface area contributed by atoms with Gasteiger partial charge in [0.1, 0.15) is 11.9 Å². The van der Waals surface area contributed by atoms with E-state index in [9.17, 15) is 10.4 Å². The summed E-state index contributed by atoms with van der Waals surface area (Å²) in [6.07, 6.45) is 5.52. The smallest absolute Gasteiger partial charge is 0.125 e. The lowest BCUT2D eigenvalue weighted by Gasteiger charge is -2.34. The minimum atomic E-state index is -0.797. The Labute approximate surface area is 101 Å². The van der Waals surface area contributed by atoms with E-state index in [0.29, 0.717) is 11.5 Å². The average Bonchev–Trinajstić information content (AvgIpc) is 2.38. The first-order valence-corrected chi connectivity index (χ1v) is 6.07. The van der Waals surface area contributed by atoms with Gasteiger partial charge in [-0.05, 0) is 25.8 Å². The van der Waals surface area contributed by atoms with Crippen LogP contribution < -0.4 is 0 Å². The van der Waals surface area contributed by atoms with Crippen molar-refractivity contribution in [3.8, 4) is 6.07 Å². The molecule has 4 heteroatoms. The molecule has 90 valence electrons. The van der Waals surface area contributed by atoms with Crippen LogP contribution in [0.5, 0.6) is 0 Å². The number of aryl methyl sites for hydroxylation is 1. The fourth-order valence-electron chi connectivity index (χ4n) is 2.54. The van der Waals surface area contributed by atoms with Gasteiger partial charge in [-0.2, -0.15) is 5.26 Å². The minimum absolute atomic E-state index is 0.570. The Kier molecular flexibility index (Phi) is 3.39. The van der Waals surface area contributed by atoms with Crippen molar-refractivity contribution >= 4 is 0 Å². The summed E-state index contributed by atoms with van der Waals surface area (Å²) in [5.74, 6) is 0.630. The summed E-state index contributed by atoms with van der Waals surface area (Å²) in [6.45, 7) is 1.79. The molecule has 1 saturated carbocycles. The van der Waals surface area contributed by atoms with Crippen molar-refractivity contribution in [2.75, 3.05) is 0 Å². The molecular formula is C13H17N3O. The van der Waals surface area contributed by atoms with Crippen LogP contribution in [-0.4, -0.2) is 15.1 Å². The van der Waals surface area contributed by atoms with Gasteiger partial charge >= 0.3 is 0 Å². The van der Waals surface area contributed by atoms with Crippen molar-refractivity contribution in [1.82, 2.24) is 9.97 Å². The first kappa shape index (κ1) is 12.0. The number of aromatic nitrogens is 2. The van der Waals surface area contributed by atoms with Gasteiger partial charge < -0.3 is 5.11 Å². The molecule has 1 unspecified atom stereocenters. The van der Waals surface area contributed by atoms with E-state index in [1.54, 1.807) is 19.2 Å². The number of hydrogen-bond donors (Lipinski definition) is 1. The third-order valence-corrected chi connectivity index (χ3v) is 3.57. The van der Waals surface area contributed by atoms with Crippen LogP contribution in [0, 0.1) is 23.7 Å². The highest BCUT2D eigenvalue weighted by Gasteiger charge is 2.40. The molecule has 1 N–H and O–H groups in total. The van der Waals surface area contributed by atoms with Crippen LogP contribution in [0.1, 0.15) is 49.7 Å². The van der Waals surface area contributed by atoms with Crippen LogP contribution in [-0.2, 0) is 0 Å². The second kappa shape index (κ2) is 4.80. The molecule has 1 aromatic rings. The third kappa shape index (κ3) is 2.29. The molecule has 1 aliphatic rings. The largest absolute Gasteiger partial charge is 0.385 e. The second-order valence-corrected chi connectivity index (χ2v) is 4.76. The van der Waals surface area contributed by atoms with Gasteiger partial charge in [-0.25, -0.2) is 9.97 Å². The predicted octanol–water partition coefficient (Wildman–Crippen LogP) is 2.29. The molecule has 0 bridgehead atoms. The Bertz CT molecular complexity index is 433. The van der Waals surface area contributed by atoms with Crippen molar-refractivity contribution in [3.63, 3.8) is 0 Å². The first-order valence-electron chi connectivity index (χ1n) is 6.07. The molecule has 0 spiro atoms. The fourth-order valence-corrected chi connectivity index (χ4v) is 2.54. The van der Waals surface area contributed by atoms with E-state index in [-0.39, 0.29) is 0 Å². The molecule has 0 aromatic carbocycles. The standard InChI is InChI=1S/C13H17N3O/c1-10-15-8-5-11(16-10)12(17)13(9-14)6-3-2-4-7-13/h5,8,12,17H,2-4,6-7H2,1H3. The van der Waals surface area contributed by atoms with Gasteiger partial charge in [-0.3, -0.25) is 0 Å². The average molecular weight is 231 g/mol. The van der Waals surface area contributed by atoms with Crippen LogP contribution in [0.25, 0.3) is 0 Å². The molecule has 1 aliphatic carbocycles. The number of nitrogens with zero attached hydrogens (tertiary/aromatic N) is 3. The highest BCUT2D eigenvalue weighted by Crippen LogP contribution is 2.44. The zero-order valence-electron chi connectivity index (χ0n) is 10.1. The van der Waals surface area contributed by atoms with Crippen LogP contribution in [0.15, 0.2) is 12.3 Å². The highest BCUT2D eigenvalue weighted by atomic mass is 16.3. The maximum Gasteiger partial charge on any atom is 0.125 e. The number of aliphatic hydroxyl groups excluding tert-OH is 1. The van der Waals surface area contributed by atoms with Crippen LogP contribution in [0.2, 0.25) is 0 Å². The van der Waals surface area contributed by atoms with E-state index < -0.39 is 11.5 Å². The number of nitriles is 1. The van der Waals surface area contributed by atoms with Gasteiger partial charge in [0, 0.05) is 6.20 Å². The minimum Gasteiger partial charge on any atom is -0.385 e. The van der Waals surface area contributed by atoms with Crippen LogP contribution in [0.4, 0.5) is 0 Å². The Morgan fingerprint density at radius 2 is 2.12 bits per heavy atom. The number of rotatable bonds is 2. The molecule has 0 aliphatic heterocycles.